The molecule has 2 aromatic carbocycles. The maximum atomic E-state index is 13.1. The van der Waals surface area contributed by atoms with Gasteiger partial charge in [-0.15, -0.1) is 0 Å². The number of nitrogens with one attached hydrogen (secondary N) is 1. The van der Waals surface area contributed by atoms with Gasteiger partial charge in [-0.3, -0.25) is 4.79 Å². The first-order valence-corrected chi connectivity index (χ1v) is 8.93. The molecule has 1 amide bonds. The zero-order chi connectivity index (χ0) is 19.9. The molecule has 3 rings (SSSR count). The second kappa shape index (κ2) is 8.86. The first kappa shape index (κ1) is 19.2. The normalized spacial score (nSPS) is 11.1. The molecule has 5 heteroatoms. The van der Waals surface area contributed by atoms with Crippen molar-refractivity contribution in [3.63, 3.8) is 0 Å². The van der Waals surface area contributed by atoms with Crippen molar-refractivity contribution in [3.05, 3.63) is 95.3 Å². The van der Waals surface area contributed by atoms with Gasteiger partial charge in [0.1, 0.15) is 0 Å². The Morgan fingerprint density at radius 1 is 0.964 bits per heavy atom. The first-order chi connectivity index (χ1) is 13.6. The zero-order valence-electron chi connectivity index (χ0n) is 15.9. The molecule has 1 aromatic heterocycles. The van der Waals surface area contributed by atoms with E-state index in [9.17, 15) is 9.59 Å². The zero-order valence-corrected chi connectivity index (χ0v) is 15.9. The number of esters is 1. The molecule has 142 valence electrons. The molecule has 28 heavy (non-hydrogen) atoms. The van der Waals surface area contributed by atoms with Gasteiger partial charge < -0.3 is 14.6 Å². The van der Waals surface area contributed by atoms with Crippen molar-refractivity contribution in [2.45, 2.75) is 6.54 Å². The number of aryl methyl sites for hydroxylation is 1. The minimum Gasteiger partial charge on any atom is -0.465 e. The molecule has 0 aliphatic rings. The van der Waals surface area contributed by atoms with E-state index in [-0.39, 0.29) is 5.91 Å². The lowest BCUT2D eigenvalue weighted by atomic mass is 9.97. The van der Waals surface area contributed by atoms with Crippen molar-refractivity contribution < 1.29 is 14.3 Å². The Kier molecular flexibility index (Phi) is 6.07. The number of rotatable bonds is 6. The molecule has 0 aliphatic carbocycles. The molecule has 0 unspecified atom stereocenters. The lowest BCUT2D eigenvalue weighted by Crippen LogP contribution is -2.24. The molecular weight excluding hydrogens is 352 g/mol. The molecule has 1 heterocycles. The molecule has 0 aliphatic heterocycles. The standard InChI is InChI=1S/C23H22N2O3/c1-25-14-8-11-18(25)15-21(19-12-6-7-13-20(19)23(27)28-2)22(26)24-16-17-9-4-3-5-10-17/h3-15H,16H2,1-2H3,(H,24,26)/b21-15-. The van der Waals surface area contributed by atoms with E-state index in [0.29, 0.717) is 23.2 Å². The summed E-state index contributed by atoms with van der Waals surface area (Å²) in [6.45, 7) is 0.393. The summed E-state index contributed by atoms with van der Waals surface area (Å²) in [6.07, 6.45) is 3.68. The number of aromatic nitrogens is 1. The van der Waals surface area contributed by atoms with Crippen molar-refractivity contribution >= 4 is 23.5 Å². The van der Waals surface area contributed by atoms with Crippen LogP contribution in [-0.4, -0.2) is 23.6 Å². The van der Waals surface area contributed by atoms with Crippen LogP contribution in [0.3, 0.4) is 0 Å². The third-order valence-electron chi connectivity index (χ3n) is 4.44. The summed E-state index contributed by atoms with van der Waals surface area (Å²) in [7, 11) is 3.23. The maximum Gasteiger partial charge on any atom is 0.338 e. The van der Waals surface area contributed by atoms with Crippen molar-refractivity contribution in [1.82, 2.24) is 9.88 Å². The molecule has 0 bridgehead atoms. The number of hydrogen-bond donors (Lipinski definition) is 1. The fourth-order valence-corrected chi connectivity index (χ4v) is 2.92. The van der Waals surface area contributed by atoms with Gasteiger partial charge in [-0.2, -0.15) is 0 Å². The van der Waals surface area contributed by atoms with Gasteiger partial charge >= 0.3 is 5.97 Å². The number of amides is 1. The molecule has 0 saturated heterocycles. The highest BCUT2D eigenvalue weighted by atomic mass is 16.5. The number of carbonyl (C=O) groups excluding carboxylic acids is 2. The SMILES string of the molecule is COC(=O)c1ccccc1/C(=C/c1cccn1C)C(=O)NCc1ccccc1. The molecule has 0 saturated carbocycles. The fraction of sp³-hybridized carbons (Fsp3) is 0.130. The molecule has 1 N–H and O–H groups in total. The Bertz CT molecular complexity index is 1000. The van der Waals surface area contributed by atoms with Crippen LogP contribution in [0.2, 0.25) is 0 Å². The average Bonchev–Trinajstić information content (AvgIpc) is 3.15. The van der Waals surface area contributed by atoms with Crippen LogP contribution < -0.4 is 5.32 Å². The summed E-state index contributed by atoms with van der Waals surface area (Å²) < 4.78 is 6.80. The van der Waals surface area contributed by atoms with E-state index in [0.717, 1.165) is 11.3 Å². The summed E-state index contributed by atoms with van der Waals surface area (Å²) in [5, 5.41) is 2.94. The molecule has 5 nitrogen and oxygen atoms in total. The smallest absolute Gasteiger partial charge is 0.338 e. The number of hydrogen-bond acceptors (Lipinski definition) is 3. The second-order valence-corrected chi connectivity index (χ2v) is 6.31. The quantitative estimate of drug-likeness (QED) is 0.529. The van der Waals surface area contributed by atoms with Crippen LogP contribution in [0.1, 0.15) is 27.2 Å². The second-order valence-electron chi connectivity index (χ2n) is 6.31. The van der Waals surface area contributed by atoms with Gasteiger partial charge in [0.2, 0.25) is 0 Å². The van der Waals surface area contributed by atoms with Crippen LogP contribution in [0.15, 0.2) is 72.9 Å². The van der Waals surface area contributed by atoms with Crippen molar-refractivity contribution in [2.24, 2.45) is 7.05 Å². The lowest BCUT2D eigenvalue weighted by Gasteiger charge is -2.13. The van der Waals surface area contributed by atoms with E-state index in [1.165, 1.54) is 7.11 Å². The average molecular weight is 374 g/mol. The predicted molar refractivity (Wildman–Crippen MR) is 109 cm³/mol. The predicted octanol–water partition coefficient (Wildman–Crippen LogP) is 3.67. The summed E-state index contributed by atoms with van der Waals surface area (Å²) in [5.41, 5.74) is 3.13. The highest BCUT2D eigenvalue weighted by molar-refractivity contribution is 6.25. The van der Waals surface area contributed by atoms with Crippen molar-refractivity contribution in [2.75, 3.05) is 7.11 Å². The molecule has 3 aromatic rings. The van der Waals surface area contributed by atoms with Crippen molar-refractivity contribution in [3.8, 4) is 0 Å². The van der Waals surface area contributed by atoms with Crippen LogP contribution in [-0.2, 0) is 23.1 Å². The summed E-state index contributed by atoms with van der Waals surface area (Å²) in [6, 6.07) is 20.4. The van der Waals surface area contributed by atoms with E-state index < -0.39 is 5.97 Å². The highest BCUT2D eigenvalue weighted by Crippen LogP contribution is 2.23. The topological polar surface area (TPSA) is 60.3 Å². The van der Waals surface area contributed by atoms with Crippen LogP contribution in [0.4, 0.5) is 0 Å². The Hall–Kier alpha value is -3.60. The minimum absolute atomic E-state index is 0.263. The summed E-state index contributed by atoms with van der Waals surface area (Å²) in [4.78, 5) is 25.3. The number of nitrogens with zero attached hydrogens (tertiary/aromatic N) is 1. The maximum absolute atomic E-state index is 13.1. The van der Waals surface area contributed by atoms with E-state index >= 15 is 0 Å². The molecular formula is C23H22N2O3. The fourth-order valence-electron chi connectivity index (χ4n) is 2.92. The number of benzene rings is 2. The molecule has 0 spiro atoms. The lowest BCUT2D eigenvalue weighted by molar-refractivity contribution is -0.115. The van der Waals surface area contributed by atoms with Gasteiger partial charge in [-0.1, -0.05) is 48.5 Å². The molecule has 0 radical (unpaired) electrons. The van der Waals surface area contributed by atoms with Gasteiger partial charge in [0.05, 0.1) is 12.7 Å². The van der Waals surface area contributed by atoms with Crippen molar-refractivity contribution in [1.29, 1.82) is 0 Å². The minimum atomic E-state index is -0.482. The van der Waals surface area contributed by atoms with E-state index in [2.05, 4.69) is 5.32 Å². The van der Waals surface area contributed by atoms with E-state index in [4.69, 9.17) is 4.74 Å². The third kappa shape index (κ3) is 4.38. The van der Waals surface area contributed by atoms with Crippen LogP contribution in [0, 0.1) is 0 Å². The van der Waals surface area contributed by atoms with Gasteiger partial charge in [-0.25, -0.2) is 4.79 Å². The van der Waals surface area contributed by atoms with Crippen LogP contribution in [0.5, 0.6) is 0 Å². The van der Waals surface area contributed by atoms with Gasteiger partial charge in [0.15, 0.2) is 0 Å². The monoisotopic (exact) mass is 374 g/mol. The Balaban J connectivity index is 1.99. The highest BCUT2D eigenvalue weighted by Gasteiger charge is 2.20. The molecule has 0 atom stereocenters. The molecule has 0 fully saturated rings. The Morgan fingerprint density at radius 2 is 1.64 bits per heavy atom. The van der Waals surface area contributed by atoms with Crippen LogP contribution in [0.25, 0.3) is 11.6 Å². The van der Waals surface area contributed by atoms with Gasteiger partial charge in [0.25, 0.3) is 5.91 Å². The first-order valence-electron chi connectivity index (χ1n) is 8.93. The number of carbonyl (C=O) groups is 2. The third-order valence-corrected chi connectivity index (χ3v) is 4.44. The summed E-state index contributed by atoms with van der Waals surface area (Å²) in [5.74, 6) is -0.745. The Labute approximate surface area is 164 Å². The summed E-state index contributed by atoms with van der Waals surface area (Å²) >= 11 is 0. The number of ether oxygens (including phenoxy) is 1. The van der Waals surface area contributed by atoms with Gasteiger partial charge in [0, 0.05) is 36.6 Å². The van der Waals surface area contributed by atoms with Crippen LogP contribution >= 0.6 is 0 Å². The van der Waals surface area contributed by atoms with E-state index in [1.807, 2.05) is 60.3 Å². The van der Waals surface area contributed by atoms with Gasteiger partial charge in [-0.05, 0) is 29.8 Å². The van der Waals surface area contributed by atoms with E-state index in [1.54, 1.807) is 30.3 Å². The Morgan fingerprint density at radius 3 is 2.29 bits per heavy atom. The largest absolute Gasteiger partial charge is 0.465 e. The number of methoxy groups -OCH3 is 1.